The number of benzene rings is 1. The van der Waals surface area contributed by atoms with Crippen molar-refractivity contribution in [3.05, 3.63) is 36.2 Å². The number of nitrogens with zero attached hydrogens (tertiary/aromatic N) is 1. The number of aromatic nitrogens is 2. The predicted molar refractivity (Wildman–Crippen MR) is 66.1 cm³/mol. The summed E-state index contributed by atoms with van der Waals surface area (Å²) >= 11 is 0. The van der Waals surface area contributed by atoms with Gasteiger partial charge in [0.1, 0.15) is 11.5 Å². The standard InChI is InChI=1S/C12H13N3O3/c1-17-9-3-4-11(18-2)10(5-9)12(16)15-8-6-13-14-7-8/h3-7H,1-2H3,(H,13,14)(H,15,16). The van der Waals surface area contributed by atoms with E-state index < -0.39 is 0 Å². The summed E-state index contributed by atoms with van der Waals surface area (Å²) in [5.74, 6) is 0.789. The summed E-state index contributed by atoms with van der Waals surface area (Å²) in [6, 6.07) is 5.03. The molecule has 1 heterocycles. The molecule has 1 amide bonds. The van der Waals surface area contributed by atoms with Gasteiger partial charge in [-0.3, -0.25) is 9.89 Å². The monoisotopic (exact) mass is 247 g/mol. The first-order valence-corrected chi connectivity index (χ1v) is 5.26. The van der Waals surface area contributed by atoms with Gasteiger partial charge in [-0.15, -0.1) is 0 Å². The van der Waals surface area contributed by atoms with Crippen LogP contribution in [0.25, 0.3) is 0 Å². The molecule has 1 aromatic heterocycles. The number of hydrogen-bond acceptors (Lipinski definition) is 4. The van der Waals surface area contributed by atoms with E-state index in [1.54, 1.807) is 31.5 Å². The van der Waals surface area contributed by atoms with Gasteiger partial charge in [0, 0.05) is 6.20 Å². The number of amides is 1. The van der Waals surface area contributed by atoms with Crippen LogP contribution in [0.1, 0.15) is 10.4 Å². The molecule has 2 N–H and O–H groups in total. The molecule has 0 radical (unpaired) electrons. The van der Waals surface area contributed by atoms with Crippen LogP contribution in [0.3, 0.4) is 0 Å². The van der Waals surface area contributed by atoms with Crippen LogP contribution < -0.4 is 14.8 Å². The van der Waals surface area contributed by atoms with Crippen molar-refractivity contribution in [2.24, 2.45) is 0 Å². The molecule has 0 unspecified atom stereocenters. The predicted octanol–water partition coefficient (Wildman–Crippen LogP) is 1.68. The van der Waals surface area contributed by atoms with E-state index in [-0.39, 0.29) is 5.91 Å². The Labute approximate surface area is 104 Å². The van der Waals surface area contributed by atoms with Gasteiger partial charge in [-0.25, -0.2) is 0 Å². The fourth-order valence-electron chi connectivity index (χ4n) is 1.51. The fraction of sp³-hybridized carbons (Fsp3) is 0.167. The minimum absolute atomic E-state index is 0.285. The van der Waals surface area contributed by atoms with E-state index in [4.69, 9.17) is 9.47 Å². The van der Waals surface area contributed by atoms with Gasteiger partial charge in [0.15, 0.2) is 0 Å². The van der Waals surface area contributed by atoms with Crippen LogP contribution >= 0.6 is 0 Å². The third kappa shape index (κ3) is 2.42. The Balaban J connectivity index is 2.27. The molecule has 0 bridgehead atoms. The topological polar surface area (TPSA) is 76.2 Å². The maximum atomic E-state index is 12.1. The van der Waals surface area contributed by atoms with Crippen molar-refractivity contribution in [1.29, 1.82) is 0 Å². The van der Waals surface area contributed by atoms with Crippen molar-refractivity contribution in [2.75, 3.05) is 19.5 Å². The van der Waals surface area contributed by atoms with Gasteiger partial charge in [0.05, 0.1) is 31.7 Å². The van der Waals surface area contributed by atoms with Gasteiger partial charge >= 0.3 is 0 Å². The maximum Gasteiger partial charge on any atom is 0.259 e. The van der Waals surface area contributed by atoms with Crippen LogP contribution in [0.15, 0.2) is 30.6 Å². The highest BCUT2D eigenvalue weighted by Crippen LogP contribution is 2.24. The number of anilines is 1. The van der Waals surface area contributed by atoms with Crippen LogP contribution in [0.5, 0.6) is 11.5 Å². The average molecular weight is 247 g/mol. The Morgan fingerprint density at radius 1 is 1.33 bits per heavy atom. The lowest BCUT2D eigenvalue weighted by Crippen LogP contribution is -2.12. The van der Waals surface area contributed by atoms with Crippen LogP contribution in [0.2, 0.25) is 0 Å². The highest BCUT2D eigenvalue weighted by molar-refractivity contribution is 6.06. The molecule has 6 nitrogen and oxygen atoms in total. The van der Waals surface area contributed by atoms with E-state index in [9.17, 15) is 4.79 Å². The molecule has 0 saturated carbocycles. The number of carbonyl (C=O) groups excluding carboxylic acids is 1. The van der Waals surface area contributed by atoms with Crippen molar-refractivity contribution in [1.82, 2.24) is 10.2 Å². The molecule has 18 heavy (non-hydrogen) atoms. The number of methoxy groups -OCH3 is 2. The lowest BCUT2D eigenvalue weighted by molar-refractivity contribution is 0.102. The maximum absolute atomic E-state index is 12.1. The van der Waals surface area contributed by atoms with Gasteiger partial charge in [-0.05, 0) is 18.2 Å². The van der Waals surface area contributed by atoms with Crippen molar-refractivity contribution in [3.8, 4) is 11.5 Å². The zero-order valence-corrected chi connectivity index (χ0v) is 10.1. The van der Waals surface area contributed by atoms with Crippen LogP contribution in [0, 0.1) is 0 Å². The molecular weight excluding hydrogens is 234 g/mol. The Morgan fingerprint density at radius 2 is 2.17 bits per heavy atom. The number of aromatic amines is 1. The van der Waals surface area contributed by atoms with Crippen LogP contribution in [0.4, 0.5) is 5.69 Å². The molecule has 1 aromatic carbocycles. The summed E-state index contributed by atoms with van der Waals surface area (Å²) in [5.41, 5.74) is 0.989. The number of ether oxygens (including phenoxy) is 2. The Kier molecular flexibility index (Phi) is 3.47. The molecule has 0 saturated heterocycles. The van der Waals surface area contributed by atoms with Crippen molar-refractivity contribution in [3.63, 3.8) is 0 Å². The lowest BCUT2D eigenvalue weighted by Gasteiger charge is -2.09. The number of hydrogen-bond donors (Lipinski definition) is 2. The minimum atomic E-state index is -0.285. The van der Waals surface area contributed by atoms with Crippen LogP contribution in [-0.2, 0) is 0 Å². The zero-order chi connectivity index (χ0) is 13.0. The Hall–Kier alpha value is -2.50. The molecule has 6 heteroatoms. The summed E-state index contributed by atoms with van der Waals surface area (Å²) in [4.78, 5) is 12.1. The summed E-state index contributed by atoms with van der Waals surface area (Å²) < 4.78 is 10.2. The molecule has 0 atom stereocenters. The van der Waals surface area contributed by atoms with Gasteiger partial charge in [0.25, 0.3) is 5.91 Å². The van der Waals surface area contributed by atoms with Gasteiger partial charge in [-0.1, -0.05) is 0 Å². The smallest absolute Gasteiger partial charge is 0.259 e. The minimum Gasteiger partial charge on any atom is -0.497 e. The molecule has 2 rings (SSSR count). The van der Waals surface area contributed by atoms with Gasteiger partial charge < -0.3 is 14.8 Å². The van der Waals surface area contributed by atoms with Gasteiger partial charge in [0.2, 0.25) is 0 Å². The second-order valence-electron chi connectivity index (χ2n) is 3.51. The van der Waals surface area contributed by atoms with Crippen molar-refractivity contribution < 1.29 is 14.3 Å². The number of nitrogens with one attached hydrogen (secondary N) is 2. The highest BCUT2D eigenvalue weighted by Gasteiger charge is 2.14. The number of rotatable bonds is 4. The summed E-state index contributed by atoms with van der Waals surface area (Å²) in [6.45, 7) is 0. The quantitative estimate of drug-likeness (QED) is 0.861. The van der Waals surface area contributed by atoms with E-state index in [0.29, 0.717) is 22.7 Å². The molecule has 0 spiro atoms. The second-order valence-corrected chi connectivity index (χ2v) is 3.51. The normalized spacial score (nSPS) is 9.89. The van der Waals surface area contributed by atoms with E-state index in [0.717, 1.165) is 0 Å². The SMILES string of the molecule is COc1ccc(OC)c(C(=O)Nc2cn[nH]c2)c1. The fourth-order valence-corrected chi connectivity index (χ4v) is 1.51. The van der Waals surface area contributed by atoms with Crippen molar-refractivity contribution in [2.45, 2.75) is 0 Å². The number of carbonyl (C=O) groups is 1. The van der Waals surface area contributed by atoms with Gasteiger partial charge in [-0.2, -0.15) is 5.10 Å². The molecule has 2 aromatic rings. The Morgan fingerprint density at radius 3 is 2.78 bits per heavy atom. The summed E-state index contributed by atoms with van der Waals surface area (Å²) in [7, 11) is 3.05. The number of H-pyrrole nitrogens is 1. The first-order chi connectivity index (χ1) is 8.74. The zero-order valence-electron chi connectivity index (χ0n) is 10.1. The van der Waals surface area contributed by atoms with E-state index in [1.807, 2.05) is 0 Å². The first-order valence-electron chi connectivity index (χ1n) is 5.26. The third-order valence-electron chi connectivity index (χ3n) is 2.41. The molecule has 0 aliphatic carbocycles. The molecule has 0 aliphatic rings. The van der Waals surface area contributed by atoms with E-state index >= 15 is 0 Å². The largest absolute Gasteiger partial charge is 0.497 e. The molecule has 0 fully saturated rings. The highest BCUT2D eigenvalue weighted by atomic mass is 16.5. The molecule has 94 valence electrons. The van der Waals surface area contributed by atoms with E-state index in [2.05, 4.69) is 15.5 Å². The molecule has 0 aliphatic heterocycles. The summed E-state index contributed by atoms with van der Waals surface area (Å²) in [5, 5.41) is 9.06. The second kappa shape index (κ2) is 5.22. The first kappa shape index (κ1) is 12.0. The van der Waals surface area contributed by atoms with E-state index in [1.165, 1.54) is 13.3 Å². The average Bonchev–Trinajstić information content (AvgIpc) is 2.90. The third-order valence-corrected chi connectivity index (χ3v) is 2.41. The van der Waals surface area contributed by atoms with Crippen molar-refractivity contribution >= 4 is 11.6 Å². The lowest BCUT2D eigenvalue weighted by atomic mass is 10.1. The van der Waals surface area contributed by atoms with Crippen LogP contribution in [-0.4, -0.2) is 30.3 Å². The molecular formula is C12H13N3O3. The Bertz CT molecular complexity index is 538. The summed E-state index contributed by atoms with van der Waals surface area (Å²) in [6.07, 6.45) is 3.11.